The number of halogens is 1. The number of rotatable bonds is 3. The van der Waals surface area contributed by atoms with Crippen molar-refractivity contribution in [1.82, 2.24) is 29.8 Å². The molecule has 5 heterocycles. The van der Waals surface area contributed by atoms with Crippen LogP contribution in [-0.4, -0.2) is 36.3 Å². The van der Waals surface area contributed by atoms with Crippen LogP contribution < -0.4 is 4.90 Å². The second kappa shape index (κ2) is 6.07. The van der Waals surface area contributed by atoms with E-state index in [1.54, 1.807) is 10.8 Å². The van der Waals surface area contributed by atoms with Gasteiger partial charge >= 0.3 is 6.01 Å². The summed E-state index contributed by atoms with van der Waals surface area (Å²) in [5.74, 6) is 1.14. The summed E-state index contributed by atoms with van der Waals surface area (Å²) in [7, 11) is 0. The van der Waals surface area contributed by atoms with Crippen LogP contribution in [0.15, 0.2) is 35.0 Å². The maximum Gasteiger partial charge on any atom is 0.319 e. The number of nitrogens with zero attached hydrogens (tertiary/aromatic N) is 6. The van der Waals surface area contributed by atoms with Crippen molar-refractivity contribution >= 4 is 23.1 Å². The number of imidazole rings is 1. The molecule has 2 aliphatic rings. The minimum atomic E-state index is -0.208. The molecule has 0 bridgehead atoms. The average Bonchev–Trinajstić information content (AvgIpc) is 3.38. The number of aromatic amines is 1. The van der Waals surface area contributed by atoms with Crippen molar-refractivity contribution in [1.29, 1.82) is 0 Å². The van der Waals surface area contributed by atoms with E-state index in [1.165, 1.54) is 6.42 Å². The lowest BCUT2D eigenvalue weighted by molar-refractivity contribution is 0.333. The number of hydrogen-bond donors (Lipinski definition) is 1. The molecule has 6 rings (SSSR count). The SMILES string of the molecule is Clc1cccc2cc(C3c4nc[nH]c4CCN3c3nnc(C4CCC4)o3)nn12. The predicted octanol–water partition coefficient (Wildman–Crippen LogP) is 3.51. The first-order valence-corrected chi connectivity index (χ1v) is 9.92. The molecule has 1 unspecified atom stereocenters. The Bertz CT molecular complexity index is 1160. The Hall–Kier alpha value is -2.87. The van der Waals surface area contributed by atoms with Gasteiger partial charge in [0.1, 0.15) is 11.2 Å². The smallest absolute Gasteiger partial charge is 0.319 e. The molecule has 28 heavy (non-hydrogen) atoms. The Morgan fingerprint density at radius 1 is 1.21 bits per heavy atom. The van der Waals surface area contributed by atoms with Crippen LogP contribution in [0.25, 0.3) is 5.52 Å². The van der Waals surface area contributed by atoms with Gasteiger partial charge in [0.15, 0.2) is 0 Å². The maximum atomic E-state index is 6.33. The Balaban J connectivity index is 1.46. The zero-order chi connectivity index (χ0) is 18.7. The summed E-state index contributed by atoms with van der Waals surface area (Å²) in [5.41, 5.74) is 3.84. The lowest BCUT2D eigenvalue weighted by Crippen LogP contribution is -2.37. The molecule has 1 saturated carbocycles. The second-order valence-corrected chi connectivity index (χ2v) is 7.80. The number of H-pyrrole nitrogens is 1. The highest BCUT2D eigenvalue weighted by Gasteiger charge is 2.36. The highest BCUT2D eigenvalue weighted by molar-refractivity contribution is 6.29. The molecule has 1 aliphatic heterocycles. The molecule has 4 aromatic heterocycles. The third-order valence-electron chi connectivity index (χ3n) is 5.79. The van der Waals surface area contributed by atoms with Gasteiger partial charge in [-0.05, 0) is 31.0 Å². The van der Waals surface area contributed by atoms with Crippen molar-refractivity contribution < 1.29 is 4.42 Å². The third-order valence-corrected chi connectivity index (χ3v) is 6.08. The quantitative estimate of drug-likeness (QED) is 0.534. The van der Waals surface area contributed by atoms with Gasteiger partial charge in [0, 0.05) is 24.6 Å². The zero-order valence-electron chi connectivity index (χ0n) is 15.0. The zero-order valence-corrected chi connectivity index (χ0v) is 15.8. The molecule has 0 aromatic carbocycles. The third kappa shape index (κ3) is 2.37. The van der Waals surface area contributed by atoms with Gasteiger partial charge in [-0.15, -0.1) is 5.10 Å². The summed E-state index contributed by atoms with van der Waals surface area (Å²) in [4.78, 5) is 9.94. The Morgan fingerprint density at radius 3 is 2.96 bits per heavy atom. The normalized spacial score (nSPS) is 19.8. The van der Waals surface area contributed by atoms with E-state index < -0.39 is 0 Å². The lowest BCUT2D eigenvalue weighted by atomic mass is 9.85. The van der Waals surface area contributed by atoms with E-state index in [0.717, 1.165) is 54.3 Å². The highest BCUT2D eigenvalue weighted by Crippen LogP contribution is 2.39. The maximum absolute atomic E-state index is 6.33. The van der Waals surface area contributed by atoms with Crippen molar-refractivity contribution in [2.45, 2.75) is 37.6 Å². The topological polar surface area (TPSA) is 88.1 Å². The van der Waals surface area contributed by atoms with Crippen LogP contribution in [0.1, 0.15) is 54.2 Å². The first kappa shape index (κ1) is 16.1. The van der Waals surface area contributed by atoms with Crippen molar-refractivity contribution in [2.24, 2.45) is 0 Å². The summed E-state index contributed by atoms with van der Waals surface area (Å²) < 4.78 is 7.81. The standard InChI is InChI=1S/C19H18ClN7O/c20-15-6-2-5-12-9-14(25-27(12)15)17-16-13(21-10-22-16)7-8-26(17)19-24-23-18(28-19)11-3-1-4-11/h2,5-6,9-11,17H,1,3-4,7-8H2,(H,21,22). The molecular weight excluding hydrogens is 378 g/mol. The summed E-state index contributed by atoms with van der Waals surface area (Å²) in [5, 5.41) is 14.0. The van der Waals surface area contributed by atoms with E-state index in [4.69, 9.17) is 21.1 Å². The first-order chi connectivity index (χ1) is 13.8. The largest absolute Gasteiger partial charge is 0.408 e. The minimum Gasteiger partial charge on any atom is -0.408 e. The fourth-order valence-corrected chi connectivity index (χ4v) is 4.29. The van der Waals surface area contributed by atoms with Crippen LogP contribution in [0, 0.1) is 0 Å². The molecule has 1 N–H and O–H groups in total. The molecule has 8 nitrogen and oxygen atoms in total. The van der Waals surface area contributed by atoms with E-state index in [2.05, 4.69) is 25.1 Å². The van der Waals surface area contributed by atoms with Gasteiger partial charge in [0.2, 0.25) is 5.89 Å². The van der Waals surface area contributed by atoms with E-state index in [-0.39, 0.29) is 6.04 Å². The highest BCUT2D eigenvalue weighted by atomic mass is 35.5. The number of anilines is 1. The Labute approximate surface area is 165 Å². The summed E-state index contributed by atoms with van der Waals surface area (Å²) in [6, 6.07) is 8.10. The van der Waals surface area contributed by atoms with Gasteiger partial charge in [-0.25, -0.2) is 9.50 Å². The molecular formula is C19H18ClN7O. The van der Waals surface area contributed by atoms with Gasteiger partial charge in [0.05, 0.1) is 23.2 Å². The molecule has 9 heteroatoms. The monoisotopic (exact) mass is 395 g/mol. The molecule has 0 spiro atoms. The van der Waals surface area contributed by atoms with Gasteiger partial charge in [0.25, 0.3) is 0 Å². The van der Waals surface area contributed by atoms with E-state index >= 15 is 0 Å². The number of nitrogens with one attached hydrogen (secondary N) is 1. The fraction of sp³-hybridized carbons (Fsp3) is 0.368. The van der Waals surface area contributed by atoms with Crippen molar-refractivity contribution in [3.05, 3.63) is 58.7 Å². The lowest BCUT2D eigenvalue weighted by Gasteiger charge is -2.32. The van der Waals surface area contributed by atoms with Crippen molar-refractivity contribution in [2.75, 3.05) is 11.4 Å². The van der Waals surface area contributed by atoms with Crippen LogP contribution in [0.5, 0.6) is 0 Å². The molecule has 1 atom stereocenters. The Kier molecular flexibility index (Phi) is 3.49. The minimum absolute atomic E-state index is 0.208. The van der Waals surface area contributed by atoms with E-state index in [0.29, 0.717) is 17.1 Å². The second-order valence-electron chi connectivity index (χ2n) is 7.42. The average molecular weight is 396 g/mol. The van der Waals surface area contributed by atoms with Crippen LogP contribution in [0.3, 0.4) is 0 Å². The summed E-state index contributed by atoms with van der Waals surface area (Å²) in [6.07, 6.45) is 6.05. The molecule has 1 fully saturated rings. The number of hydrogen-bond acceptors (Lipinski definition) is 6. The van der Waals surface area contributed by atoms with E-state index in [9.17, 15) is 0 Å². The molecule has 0 amide bonds. The van der Waals surface area contributed by atoms with Crippen LogP contribution >= 0.6 is 11.6 Å². The fourth-order valence-electron chi connectivity index (χ4n) is 4.08. The molecule has 4 aromatic rings. The molecule has 0 radical (unpaired) electrons. The number of pyridine rings is 1. The van der Waals surface area contributed by atoms with Gasteiger partial charge in [-0.3, -0.25) is 0 Å². The van der Waals surface area contributed by atoms with Gasteiger partial charge in [-0.2, -0.15) is 5.10 Å². The van der Waals surface area contributed by atoms with E-state index in [1.807, 2.05) is 24.3 Å². The number of fused-ring (bicyclic) bond motifs is 2. The van der Waals surface area contributed by atoms with Crippen LogP contribution in [-0.2, 0) is 6.42 Å². The van der Waals surface area contributed by atoms with Crippen LogP contribution in [0.4, 0.5) is 6.01 Å². The molecule has 1 aliphatic carbocycles. The molecule has 0 saturated heterocycles. The van der Waals surface area contributed by atoms with Crippen molar-refractivity contribution in [3.63, 3.8) is 0 Å². The summed E-state index contributed by atoms with van der Waals surface area (Å²) >= 11 is 6.33. The predicted molar refractivity (Wildman–Crippen MR) is 103 cm³/mol. The van der Waals surface area contributed by atoms with Crippen LogP contribution in [0.2, 0.25) is 5.15 Å². The summed E-state index contributed by atoms with van der Waals surface area (Å²) in [6.45, 7) is 0.744. The first-order valence-electron chi connectivity index (χ1n) is 9.54. The van der Waals surface area contributed by atoms with Crippen molar-refractivity contribution in [3.8, 4) is 0 Å². The number of aromatic nitrogens is 6. The Morgan fingerprint density at radius 2 is 2.14 bits per heavy atom. The van der Waals surface area contributed by atoms with Gasteiger partial charge in [-0.1, -0.05) is 29.2 Å². The molecule has 142 valence electrons. The van der Waals surface area contributed by atoms with Gasteiger partial charge < -0.3 is 14.3 Å².